The molecule has 0 aliphatic carbocycles. The number of hydrogen-bond donors (Lipinski definition) is 1. The van der Waals surface area contributed by atoms with Crippen LogP contribution < -0.4 is 5.32 Å². The highest BCUT2D eigenvalue weighted by Crippen LogP contribution is 2.30. The van der Waals surface area contributed by atoms with Crippen molar-refractivity contribution in [3.05, 3.63) is 40.9 Å². The Hall–Kier alpha value is -1.02. The summed E-state index contributed by atoms with van der Waals surface area (Å²) >= 11 is 3.60. The summed E-state index contributed by atoms with van der Waals surface area (Å²) in [4.78, 5) is 0. The van der Waals surface area contributed by atoms with E-state index >= 15 is 0 Å². The molecule has 0 amide bonds. The molecule has 2 aromatic rings. The standard InChI is InChI=1S/C15H18BrN/c1-10(2)11(3)17-15-9-8-14(16)12-6-4-5-7-13(12)15/h4-11,17H,1-3H3. The first-order valence-corrected chi connectivity index (χ1v) is 6.82. The molecular formula is C15H18BrN. The SMILES string of the molecule is CC(C)C(C)Nc1ccc(Br)c2ccccc12. The Bertz CT molecular complexity index is 519. The molecule has 90 valence electrons. The fourth-order valence-electron chi connectivity index (χ4n) is 1.80. The van der Waals surface area contributed by atoms with E-state index in [0.29, 0.717) is 12.0 Å². The summed E-state index contributed by atoms with van der Waals surface area (Å²) < 4.78 is 1.15. The molecule has 0 aliphatic heterocycles. The Balaban J connectivity index is 2.45. The van der Waals surface area contributed by atoms with E-state index in [1.807, 2.05) is 0 Å². The second-order valence-electron chi connectivity index (χ2n) is 4.82. The van der Waals surface area contributed by atoms with Gasteiger partial charge in [0.25, 0.3) is 0 Å². The van der Waals surface area contributed by atoms with Crippen LogP contribution in [0.3, 0.4) is 0 Å². The third-order valence-electron chi connectivity index (χ3n) is 3.25. The third kappa shape index (κ3) is 2.63. The lowest BCUT2D eigenvalue weighted by atomic mass is 10.0. The van der Waals surface area contributed by atoms with E-state index in [1.54, 1.807) is 0 Å². The lowest BCUT2D eigenvalue weighted by Crippen LogP contribution is -2.21. The minimum atomic E-state index is 0.472. The highest BCUT2D eigenvalue weighted by Gasteiger charge is 2.09. The maximum absolute atomic E-state index is 3.60. The van der Waals surface area contributed by atoms with Crippen molar-refractivity contribution >= 4 is 32.4 Å². The molecule has 0 fully saturated rings. The van der Waals surface area contributed by atoms with E-state index in [-0.39, 0.29) is 0 Å². The van der Waals surface area contributed by atoms with Crippen LogP contribution in [0.5, 0.6) is 0 Å². The Labute approximate surface area is 111 Å². The molecule has 0 spiro atoms. The first kappa shape index (κ1) is 12.4. The molecule has 1 atom stereocenters. The minimum Gasteiger partial charge on any atom is -0.382 e. The van der Waals surface area contributed by atoms with Gasteiger partial charge < -0.3 is 5.32 Å². The van der Waals surface area contributed by atoms with E-state index in [9.17, 15) is 0 Å². The van der Waals surface area contributed by atoms with Gasteiger partial charge in [-0.05, 0) is 30.4 Å². The van der Waals surface area contributed by atoms with Crippen molar-refractivity contribution in [3.8, 4) is 0 Å². The van der Waals surface area contributed by atoms with Crippen molar-refractivity contribution < 1.29 is 0 Å². The number of halogens is 1. The molecule has 0 radical (unpaired) electrons. The Morgan fingerprint density at radius 2 is 1.59 bits per heavy atom. The van der Waals surface area contributed by atoms with Gasteiger partial charge in [-0.1, -0.05) is 54.0 Å². The number of rotatable bonds is 3. The number of anilines is 1. The highest BCUT2D eigenvalue weighted by atomic mass is 79.9. The quantitative estimate of drug-likeness (QED) is 0.834. The smallest absolute Gasteiger partial charge is 0.0422 e. The molecule has 1 N–H and O–H groups in total. The fourth-order valence-corrected chi connectivity index (χ4v) is 2.28. The summed E-state index contributed by atoms with van der Waals surface area (Å²) in [5, 5.41) is 6.12. The van der Waals surface area contributed by atoms with Crippen LogP contribution in [0, 0.1) is 5.92 Å². The number of nitrogens with one attached hydrogen (secondary N) is 1. The summed E-state index contributed by atoms with van der Waals surface area (Å²) in [6, 6.07) is 13.2. The van der Waals surface area contributed by atoms with Gasteiger partial charge in [-0.3, -0.25) is 0 Å². The van der Waals surface area contributed by atoms with Gasteiger partial charge in [0, 0.05) is 21.6 Å². The van der Waals surface area contributed by atoms with Crippen LogP contribution >= 0.6 is 15.9 Å². The van der Waals surface area contributed by atoms with Gasteiger partial charge in [-0.15, -0.1) is 0 Å². The van der Waals surface area contributed by atoms with Gasteiger partial charge in [-0.25, -0.2) is 0 Å². The van der Waals surface area contributed by atoms with E-state index < -0.39 is 0 Å². The largest absolute Gasteiger partial charge is 0.382 e. The second kappa shape index (κ2) is 5.09. The third-order valence-corrected chi connectivity index (χ3v) is 3.95. The number of fused-ring (bicyclic) bond motifs is 1. The lowest BCUT2D eigenvalue weighted by Gasteiger charge is -2.20. The summed E-state index contributed by atoms with van der Waals surface area (Å²) in [6.45, 7) is 6.69. The average molecular weight is 292 g/mol. The predicted octanol–water partition coefficient (Wildman–Crippen LogP) is 5.06. The molecule has 0 heterocycles. The zero-order valence-corrected chi connectivity index (χ0v) is 12.1. The molecule has 1 unspecified atom stereocenters. The summed E-state index contributed by atoms with van der Waals surface area (Å²) in [7, 11) is 0. The second-order valence-corrected chi connectivity index (χ2v) is 5.67. The molecule has 1 nitrogen and oxygen atoms in total. The molecular weight excluding hydrogens is 274 g/mol. The zero-order valence-electron chi connectivity index (χ0n) is 10.5. The first-order chi connectivity index (χ1) is 8.09. The van der Waals surface area contributed by atoms with Gasteiger partial charge >= 0.3 is 0 Å². The van der Waals surface area contributed by atoms with Crippen molar-refractivity contribution in [2.24, 2.45) is 5.92 Å². The van der Waals surface area contributed by atoms with Crippen LogP contribution in [-0.4, -0.2) is 6.04 Å². The van der Waals surface area contributed by atoms with Crippen molar-refractivity contribution in [1.82, 2.24) is 0 Å². The normalized spacial score (nSPS) is 13.0. The van der Waals surface area contributed by atoms with E-state index in [1.165, 1.54) is 16.5 Å². The van der Waals surface area contributed by atoms with Gasteiger partial charge in [-0.2, -0.15) is 0 Å². The van der Waals surface area contributed by atoms with E-state index in [4.69, 9.17) is 0 Å². The van der Waals surface area contributed by atoms with Gasteiger partial charge in [0.2, 0.25) is 0 Å². The molecule has 0 aromatic heterocycles. The van der Waals surface area contributed by atoms with Crippen LogP contribution in [-0.2, 0) is 0 Å². The van der Waals surface area contributed by atoms with Crippen molar-refractivity contribution in [1.29, 1.82) is 0 Å². The van der Waals surface area contributed by atoms with Crippen LogP contribution in [0.2, 0.25) is 0 Å². The Morgan fingerprint density at radius 3 is 2.24 bits per heavy atom. The van der Waals surface area contributed by atoms with Gasteiger partial charge in [0.05, 0.1) is 0 Å². The maximum atomic E-state index is 3.60. The molecule has 2 heteroatoms. The van der Waals surface area contributed by atoms with Crippen LogP contribution in [0.4, 0.5) is 5.69 Å². The lowest BCUT2D eigenvalue weighted by molar-refractivity contribution is 0.560. The van der Waals surface area contributed by atoms with Crippen LogP contribution in [0.1, 0.15) is 20.8 Å². The van der Waals surface area contributed by atoms with Crippen LogP contribution in [0.25, 0.3) is 10.8 Å². The molecule has 0 bridgehead atoms. The van der Waals surface area contributed by atoms with Crippen molar-refractivity contribution in [2.45, 2.75) is 26.8 Å². The Kier molecular flexibility index (Phi) is 3.72. The molecule has 0 aliphatic rings. The summed E-state index contributed by atoms with van der Waals surface area (Å²) in [5.74, 6) is 0.623. The van der Waals surface area contributed by atoms with Gasteiger partial charge in [0.15, 0.2) is 0 Å². The predicted molar refractivity (Wildman–Crippen MR) is 79.6 cm³/mol. The van der Waals surface area contributed by atoms with Crippen molar-refractivity contribution in [3.63, 3.8) is 0 Å². The maximum Gasteiger partial charge on any atom is 0.0422 e. The molecule has 0 saturated heterocycles. The molecule has 2 aromatic carbocycles. The Morgan fingerprint density at radius 1 is 0.941 bits per heavy atom. The average Bonchev–Trinajstić information content (AvgIpc) is 2.33. The number of hydrogen-bond acceptors (Lipinski definition) is 1. The zero-order chi connectivity index (χ0) is 12.4. The van der Waals surface area contributed by atoms with Gasteiger partial charge in [0.1, 0.15) is 0 Å². The molecule has 0 saturated carbocycles. The fraction of sp³-hybridized carbons (Fsp3) is 0.333. The van der Waals surface area contributed by atoms with Crippen LogP contribution in [0.15, 0.2) is 40.9 Å². The highest BCUT2D eigenvalue weighted by molar-refractivity contribution is 9.10. The molecule has 17 heavy (non-hydrogen) atoms. The minimum absolute atomic E-state index is 0.472. The number of benzene rings is 2. The van der Waals surface area contributed by atoms with E-state index in [2.05, 4.69) is 78.4 Å². The van der Waals surface area contributed by atoms with Crippen molar-refractivity contribution in [2.75, 3.05) is 5.32 Å². The monoisotopic (exact) mass is 291 g/mol. The van der Waals surface area contributed by atoms with E-state index in [0.717, 1.165) is 4.47 Å². The summed E-state index contributed by atoms with van der Waals surface area (Å²) in [6.07, 6.45) is 0. The summed E-state index contributed by atoms with van der Waals surface area (Å²) in [5.41, 5.74) is 1.21. The topological polar surface area (TPSA) is 12.0 Å². The first-order valence-electron chi connectivity index (χ1n) is 6.03. The molecule has 2 rings (SSSR count).